The molecule has 84 heavy (non-hydrogen) atoms. The molecule has 0 bridgehead atoms. The Morgan fingerprint density at radius 2 is 0.560 bits per heavy atom. The van der Waals surface area contributed by atoms with Crippen molar-refractivity contribution >= 4 is 11.9 Å². The van der Waals surface area contributed by atoms with Gasteiger partial charge in [-0.25, -0.2) is 0 Å². The first-order chi connectivity index (χ1) is 41.5. The number of carbonyl (C=O) groups excluding carboxylic acids is 2. The second-order valence-electron chi connectivity index (χ2n) is 26.3. The Morgan fingerprint density at radius 1 is 0.321 bits per heavy atom. The van der Waals surface area contributed by atoms with Crippen molar-refractivity contribution in [2.75, 3.05) is 13.2 Å². The first-order valence-corrected chi connectivity index (χ1v) is 38.3. The molecule has 0 aromatic carbocycles. The maximum atomic E-state index is 12.5. The molecule has 0 aromatic heterocycles. The third kappa shape index (κ3) is 69.2. The molecule has 1 amide bonds. The van der Waals surface area contributed by atoms with Gasteiger partial charge in [0.2, 0.25) is 5.91 Å². The number of allylic oxidation sites excluding steroid dienone is 5. The standard InChI is InChI=1S/C78H149NO5/c1-3-5-7-9-11-13-15-17-19-42-46-50-54-58-62-66-70-76(81)75(74-80)79-77(82)71-67-63-59-55-51-47-43-40-38-36-34-32-30-28-26-24-22-21-23-25-27-29-31-33-35-37-39-41-45-49-53-57-61-65-69-73-84-78(83)72-68-64-60-56-52-48-44-20-18-16-14-12-10-8-6-4-2/h20,23,25,44,66,70,75-76,80-81H,3-19,21-22,24,26-43,45-65,67-69,71-74H2,1-2H3,(H,79,82)/b25-23-,44-20-,70-66+. The summed E-state index contributed by atoms with van der Waals surface area (Å²) in [5, 5.41) is 23.2. The Kier molecular flexibility index (Phi) is 71.9. The van der Waals surface area contributed by atoms with Crippen molar-refractivity contribution in [1.29, 1.82) is 0 Å². The van der Waals surface area contributed by atoms with Crippen LogP contribution in [0.4, 0.5) is 0 Å². The van der Waals surface area contributed by atoms with E-state index in [0.717, 1.165) is 44.9 Å². The molecular formula is C78H149NO5. The third-order valence-corrected chi connectivity index (χ3v) is 17.9. The summed E-state index contributed by atoms with van der Waals surface area (Å²) >= 11 is 0. The Labute approximate surface area is 525 Å². The lowest BCUT2D eigenvalue weighted by atomic mass is 10.0. The Morgan fingerprint density at radius 3 is 0.845 bits per heavy atom. The van der Waals surface area contributed by atoms with E-state index in [2.05, 4.69) is 43.5 Å². The number of hydrogen-bond acceptors (Lipinski definition) is 5. The number of nitrogens with one attached hydrogen (secondary N) is 1. The predicted molar refractivity (Wildman–Crippen MR) is 370 cm³/mol. The van der Waals surface area contributed by atoms with Gasteiger partial charge in [0.25, 0.3) is 0 Å². The Bertz CT molecular complexity index is 1360. The van der Waals surface area contributed by atoms with Gasteiger partial charge in [-0.3, -0.25) is 9.59 Å². The van der Waals surface area contributed by atoms with Crippen LogP contribution in [0.15, 0.2) is 36.5 Å². The van der Waals surface area contributed by atoms with E-state index >= 15 is 0 Å². The number of esters is 1. The molecule has 0 aromatic rings. The number of hydrogen-bond donors (Lipinski definition) is 3. The van der Waals surface area contributed by atoms with Crippen LogP contribution in [0.5, 0.6) is 0 Å². The van der Waals surface area contributed by atoms with E-state index in [0.29, 0.717) is 19.4 Å². The number of amides is 1. The van der Waals surface area contributed by atoms with Crippen molar-refractivity contribution in [2.24, 2.45) is 0 Å². The van der Waals surface area contributed by atoms with Gasteiger partial charge in [-0.1, -0.05) is 365 Å². The molecule has 6 heteroatoms. The molecule has 0 aliphatic carbocycles. The lowest BCUT2D eigenvalue weighted by Gasteiger charge is -2.20. The summed E-state index contributed by atoms with van der Waals surface area (Å²) in [7, 11) is 0. The van der Waals surface area contributed by atoms with Crippen LogP contribution in [-0.2, 0) is 14.3 Å². The average Bonchev–Trinajstić information content (AvgIpc) is 3.51. The average molecular weight is 1180 g/mol. The molecule has 0 spiro atoms. The second-order valence-corrected chi connectivity index (χ2v) is 26.3. The molecule has 0 saturated carbocycles. The normalized spacial score (nSPS) is 12.7. The number of aliphatic hydroxyl groups is 2. The van der Waals surface area contributed by atoms with Crippen LogP contribution in [0.3, 0.4) is 0 Å². The first-order valence-electron chi connectivity index (χ1n) is 38.3. The summed E-state index contributed by atoms with van der Waals surface area (Å²) in [5.74, 6) is -0.0484. The zero-order chi connectivity index (χ0) is 60.6. The highest BCUT2D eigenvalue weighted by atomic mass is 16.5. The minimum Gasteiger partial charge on any atom is -0.466 e. The smallest absolute Gasteiger partial charge is 0.305 e. The fourth-order valence-electron chi connectivity index (χ4n) is 12.0. The zero-order valence-corrected chi connectivity index (χ0v) is 56.9. The SMILES string of the molecule is CCCCCCCCC/C=C\CCCCCCCC(=O)OCCCCCCCCCCCCCCCC/C=C\CCCCCCCCCCCCCCCCCCCC(=O)NC(CO)C(O)/C=C/CCCCCCCCCCCCCCCC. The van der Waals surface area contributed by atoms with Gasteiger partial charge in [-0.05, 0) is 83.5 Å². The predicted octanol–water partition coefficient (Wildman–Crippen LogP) is 25.0. The lowest BCUT2D eigenvalue weighted by molar-refractivity contribution is -0.143. The van der Waals surface area contributed by atoms with Gasteiger partial charge in [0.15, 0.2) is 0 Å². The van der Waals surface area contributed by atoms with E-state index in [4.69, 9.17) is 4.74 Å². The fourth-order valence-corrected chi connectivity index (χ4v) is 12.0. The number of carbonyl (C=O) groups is 2. The highest BCUT2D eigenvalue weighted by Crippen LogP contribution is 2.19. The van der Waals surface area contributed by atoms with Crippen LogP contribution in [0, 0.1) is 0 Å². The van der Waals surface area contributed by atoms with Crippen molar-refractivity contribution in [3.63, 3.8) is 0 Å². The minimum atomic E-state index is -0.842. The van der Waals surface area contributed by atoms with Crippen molar-refractivity contribution in [3.8, 4) is 0 Å². The first kappa shape index (κ1) is 82.1. The molecule has 0 heterocycles. The monoisotopic (exact) mass is 1180 g/mol. The number of rotatable bonds is 72. The molecule has 0 fully saturated rings. The van der Waals surface area contributed by atoms with E-state index in [-0.39, 0.29) is 18.5 Å². The highest BCUT2D eigenvalue weighted by molar-refractivity contribution is 5.76. The molecule has 0 radical (unpaired) electrons. The van der Waals surface area contributed by atoms with Gasteiger partial charge >= 0.3 is 5.97 Å². The van der Waals surface area contributed by atoms with E-state index in [1.807, 2.05) is 6.08 Å². The van der Waals surface area contributed by atoms with Crippen molar-refractivity contribution in [1.82, 2.24) is 5.32 Å². The molecule has 0 rings (SSSR count). The third-order valence-electron chi connectivity index (χ3n) is 17.9. The lowest BCUT2D eigenvalue weighted by Crippen LogP contribution is -2.45. The number of aliphatic hydroxyl groups excluding tert-OH is 2. The molecule has 6 nitrogen and oxygen atoms in total. The van der Waals surface area contributed by atoms with Gasteiger partial charge in [-0.15, -0.1) is 0 Å². The number of unbranched alkanes of at least 4 members (excludes halogenated alkanes) is 57. The maximum absolute atomic E-state index is 12.5. The summed E-state index contributed by atoms with van der Waals surface area (Å²) in [4.78, 5) is 24.6. The van der Waals surface area contributed by atoms with Crippen LogP contribution >= 0.6 is 0 Å². The summed E-state index contributed by atoms with van der Waals surface area (Å²) in [5.41, 5.74) is 0. The van der Waals surface area contributed by atoms with Crippen LogP contribution < -0.4 is 5.32 Å². The molecule has 0 aliphatic heterocycles. The summed E-state index contributed by atoms with van der Waals surface area (Å²) in [6.07, 6.45) is 95.4. The van der Waals surface area contributed by atoms with Crippen LogP contribution in [0.25, 0.3) is 0 Å². The van der Waals surface area contributed by atoms with Gasteiger partial charge in [0, 0.05) is 12.8 Å². The highest BCUT2D eigenvalue weighted by Gasteiger charge is 2.18. The summed E-state index contributed by atoms with van der Waals surface area (Å²) in [6.45, 7) is 4.94. The van der Waals surface area contributed by atoms with Crippen molar-refractivity contribution < 1.29 is 24.5 Å². The molecule has 0 aliphatic rings. The van der Waals surface area contributed by atoms with Crippen molar-refractivity contribution in [2.45, 2.75) is 437 Å². The van der Waals surface area contributed by atoms with Crippen LogP contribution in [0.1, 0.15) is 425 Å². The van der Waals surface area contributed by atoms with Gasteiger partial charge < -0.3 is 20.3 Å². The molecule has 3 N–H and O–H groups in total. The second kappa shape index (κ2) is 73.5. The largest absolute Gasteiger partial charge is 0.466 e. The topological polar surface area (TPSA) is 95.9 Å². The zero-order valence-electron chi connectivity index (χ0n) is 56.9. The summed E-state index contributed by atoms with van der Waals surface area (Å²) < 4.78 is 5.50. The summed E-state index contributed by atoms with van der Waals surface area (Å²) in [6, 6.07) is -0.625. The molecule has 2 atom stereocenters. The van der Waals surface area contributed by atoms with E-state index < -0.39 is 12.1 Å². The molecule has 0 saturated heterocycles. The van der Waals surface area contributed by atoms with Crippen LogP contribution in [-0.4, -0.2) is 47.4 Å². The van der Waals surface area contributed by atoms with E-state index in [1.54, 1.807) is 6.08 Å². The van der Waals surface area contributed by atoms with E-state index in [9.17, 15) is 19.8 Å². The fraction of sp³-hybridized carbons (Fsp3) is 0.897. The minimum absolute atomic E-state index is 0.0132. The Hall–Kier alpha value is -1.92. The van der Waals surface area contributed by atoms with Gasteiger partial charge in [0.1, 0.15) is 0 Å². The molecule has 2 unspecified atom stereocenters. The number of ether oxygens (including phenoxy) is 1. The van der Waals surface area contributed by atoms with Gasteiger partial charge in [0.05, 0.1) is 25.4 Å². The van der Waals surface area contributed by atoms with Crippen molar-refractivity contribution in [3.05, 3.63) is 36.5 Å². The van der Waals surface area contributed by atoms with E-state index in [1.165, 1.54) is 353 Å². The molecule has 496 valence electrons. The maximum Gasteiger partial charge on any atom is 0.305 e. The van der Waals surface area contributed by atoms with Crippen LogP contribution in [0.2, 0.25) is 0 Å². The van der Waals surface area contributed by atoms with Gasteiger partial charge in [-0.2, -0.15) is 0 Å². The Balaban J connectivity index is 3.35. The quantitative estimate of drug-likeness (QED) is 0.0320. The molecular weight excluding hydrogens is 1030 g/mol.